The lowest BCUT2D eigenvalue weighted by molar-refractivity contribution is -0.125. The number of piperidine rings is 1. The van der Waals surface area contributed by atoms with Gasteiger partial charge in [-0.1, -0.05) is 6.92 Å². The zero-order valence-electron chi connectivity index (χ0n) is 10.5. The summed E-state index contributed by atoms with van der Waals surface area (Å²) in [7, 11) is -2.98. The van der Waals surface area contributed by atoms with E-state index >= 15 is 0 Å². The topological polar surface area (TPSA) is 75.3 Å². The zero-order chi connectivity index (χ0) is 12.9. The maximum Gasteiger partial charge on any atom is 0.223 e. The first-order valence-electron chi connectivity index (χ1n) is 6.16. The lowest BCUT2D eigenvalue weighted by Crippen LogP contribution is -2.43. The van der Waals surface area contributed by atoms with Crippen molar-refractivity contribution in [2.75, 3.05) is 24.6 Å². The number of rotatable bonds is 5. The van der Waals surface area contributed by atoms with Gasteiger partial charge in [-0.15, -0.1) is 0 Å². The predicted molar refractivity (Wildman–Crippen MR) is 67.5 cm³/mol. The highest BCUT2D eigenvalue weighted by Crippen LogP contribution is 2.15. The summed E-state index contributed by atoms with van der Waals surface area (Å²) in [5.74, 6) is 0.184. The molecule has 0 saturated carbocycles. The van der Waals surface area contributed by atoms with Crippen molar-refractivity contribution in [2.24, 2.45) is 5.92 Å². The molecular formula is C11H22N2O3S. The Morgan fingerprint density at radius 3 is 2.76 bits per heavy atom. The highest BCUT2D eigenvalue weighted by atomic mass is 32.2. The van der Waals surface area contributed by atoms with Crippen molar-refractivity contribution in [3.63, 3.8) is 0 Å². The molecule has 0 radical (unpaired) electrons. The van der Waals surface area contributed by atoms with Crippen LogP contribution in [0.15, 0.2) is 0 Å². The van der Waals surface area contributed by atoms with Crippen molar-refractivity contribution in [2.45, 2.75) is 32.7 Å². The Balaban J connectivity index is 2.30. The Hall–Kier alpha value is -0.620. The molecule has 1 rings (SSSR count). The van der Waals surface area contributed by atoms with Gasteiger partial charge in [0.05, 0.1) is 5.75 Å². The van der Waals surface area contributed by atoms with Crippen molar-refractivity contribution in [1.29, 1.82) is 0 Å². The van der Waals surface area contributed by atoms with Crippen molar-refractivity contribution >= 4 is 15.7 Å². The van der Waals surface area contributed by atoms with Gasteiger partial charge in [0, 0.05) is 24.3 Å². The summed E-state index contributed by atoms with van der Waals surface area (Å²) < 4.78 is 22.5. The molecule has 0 aromatic carbocycles. The number of hydrogen-bond acceptors (Lipinski definition) is 4. The summed E-state index contributed by atoms with van der Waals surface area (Å²) in [4.78, 5) is 11.8. The maximum absolute atomic E-state index is 11.8. The van der Waals surface area contributed by atoms with E-state index in [1.54, 1.807) is 6.92 Å². The number of nitrogens with one attached hydrogen (secondary N) is 2. The van der Waals surface area contributed by atoms with Crippen molar-refractivity contribution in [1.82, 2.24) is 10.6 Å². The molecule has 0 spiro atoms. The van der Waals surface area contributed by atoms with Crippen LogP contribution in [0.3, 0.4) is 0 Å². The van der Waals surface area contributed by atoms with Crippen molar-refractivity contribution in [3.8, 4) is 0 Å². The molecule has 1 aliphatic rings. The molecule has 1 aliphatic heterocycles. The smallest absolute Gasteiger partial charge is 0.223 e. The Labute approximate surface area is 103 Å². The average Bonchev–Trinajstić information content (AvgIpc) is 2.28. The van der Waals surface area contributed by atoms with E-state index in [4.69, 9.17) is 0 Å². The van der Waals surface area contributed by atoms with Gasteiger partial charge in [0.1, 0.15) is 0 Å². The second-order valence-electron chi connectivity index (χ2n) is 4.60. The van der Waals surface area contributed by atoms with E-state index in [2.05, 4.69) is 17.6 Å². The van der Waals surface area contributed by atoms with Gasteiger partial charge < -0.3 is 10.6 Å². The fraction of sp³-hybridized carbons (Fsp3) is 0.909. The fourth-order valence-corrected chi connectivity index (χ4v) is 2.69. The van der Waals surface area contributed by atoms with Crippen LogP contribution in [0, 0.1) is 5.92 Å². The summed E-state index contributed by atoms with van der Waals surface area (Å²) in [5.41, 5.74) is 0. The van der Waals surface area contributed by atoms with Crippen LogP contribution in [-0.2, 0) is 14.6 Å². The number of carbonyl (C=O) groups is 1. The predicted octanol–water partition coefficient (Wildman–Crippen LogP) is -0.0746. The van der Waals surface area contributed by atoms with Crippen LogP contribution < -0.4 is 10.6 Å². The summed E-state index contributed by atoms with van der Waals surface area (Å²) in [6.45, 7) is 4.76. The lowest BCUT2D eigenvalue weighted by atomic mass is 9.92. The summed E-state index contributed by atoms with van der Waals surface area (Å²) >= 11 is 0. The first kappa shape index (κ1) is 14.4. The number of amides is 1. The van der Waals surface area contributed by atoms with Crippen LogP contribution in [-0.4, -0.2) is 45.0 Å². The molecule has 1 heterocycles. The summed E-state index contributed by atoms with van der Waals surface area (Å²) in [5, 5.41) is 6.00. The van der Waals surface area contributed by atoms with Crippen LogP contribution in [0.1, 0.15) is 26.7 Å². The largest absolute Gasteiger partial charge is 0.355 e. The number of carbonyl (C=O) groups excluding carboxylic acids is 1. The Bertz CT molecular complexity index is 354. The first-order chi connectivity index (χ1) is 7.94. The van der Waals surface area contributed by atoms with Crippen LogP contribution >= 0.6 is 0 Å². The monoisotopic (exact) mass is 262 g/mol. The summed E-state index contributed by atoms with van der Waals surface area (Å²) in [6, 6.07) is 0.360. The lowest BCUT2D eigenvalue weighted by Gasteiger charge is -2.27. The molecule has 0 aromatic heterocycles. The second kappa shape index (κ2) is 6.35. The summed E-state index contributed by atoms with van der Waals surface area (Å²) in [6.07, 6.45) is 1.66. The Morgan fingerprint density at radius 1 is 1.47 bits per heavy atom. The number of sulfone groups is 1. The SMILES string of the molecule is CCS(=O)(=O)CCNC(=O)C1CCNC(C)C1. The molecule has 0 aliphatic carbocycles. The van der Waals surface area contributed by atoms with Gasteiger partial charge in [0.2, 0.25) is 5.91 Å². The number of hydrogen-bond donors (Lipinski definition) is 2. The first-order valence-corrected chi connectivity index (χ1v) is 7.98. The van der Waals surface area contributed by atoms with Gasteiger partial charge in [-0.3, -0.25) is 4.79 Å². The molecule has 5 nitrogen and oxygen atoms in total. The molecule has 6 heteroatoms. The molecule has 17 heavy (non-hydrogen) atoms. The molecular weight excluding hydrogens is 240 g/mol. The van der Waals surface area contributed by atoms with Crippen LogP contribution in [0.2, 0.25) is 0 Å². The zero-order valence-corrected chi connectivity index (χ0v) is 11.3. The van der Waals surface area contributed by atoms with E-state index in [-0.39, 0.29) is 29.9 Å². The molecule has 0 bridgehead atoms. The fourth-order valence-electron chi connectivity index (χ4n) is 1.99. The van der Waals surface area contributed by atoms with E-state index < -0.39 is 9.84 Å². The van der Waals surface area contributed by atoms with Gasteiger partial charge in [-0.05, 0) is 26.3 Å². The third-order valence-electron chi connectivity index (χ3n) is 3.15. The van der Waals surface area contributed by atoms with E-state index in [0.29, 0.717) is 6.04 Å². The van der Waals surface area contributed by atoms with E-state index in [1.165, 1.54) is 0 Å². The highest BCUT2D eigenvalue weighted by molar-refractivity contribution is 7.91. The molecule has 1 amide bonds. The van der Waals surface area contributed by atoms with Gasteiger partial charge in [0.25, 0.3) is 0 Å². The van der Waals surface area contributed by atoms with Gasteiger partial charge >= 0.3 is 0 Å². The van der Waals surface area contributed by atoms with E-state index in [1.807, 2.05) is 0 Å². The van der Waals surface area contributed by atoms with Crippen molar-refractivity contribution < 1.29 is 13.2 Å². The van der Waals surface area contributed by atoms with Crippen LogP contribution in [0.5, 0.6) is 0 Å². The minimum Gasteiger partial charge on any atom is -0.355 e. The molecule has 2 atom stereocenters. The van der Waals surface area contributed by atoms with E-state index in [0.717, 1.165) is 19.4 Å². The second-order valence-corrected chi connectivity index (χ2v) is 7.08. The quantitative estimate of drug-likeness (QED) is 0.727. The molecule has 0 aromatic rings. The Morgan fingerprint density at radius 2 is 2.18 bits per heavy atom. The molecule has 1 fully saturated rings. The van der Waals surface area contributed by atoms with E-state index in [9.17, 15) is 13.2 Å². The molecule has 2 unspecified atom stereocenters. The molecule has 2 N–H and O–H groups in total. The average molecular weight is 262 g/mol. The normalized spacial score (nSPS) is 25.5. The Kier molecular flexibility index (Phi) is 5.39. The van der Waals surface area contributed by atoms with Gasteiger partial charge in [-0.2, -0.15) is 0 Å². The minimum absolute atomic E-state index is 0.00958. The van der Waals surface area contributed by atoms with Crippen molar-refractivity contribution in [3.05, 3.63) is 0 Å². The van der Waals surface area contributed by atoms with Crippen LogP contribution in [0.25, 0.3) is 0 Å². The van der Waals surface area contributed by atoms with Crippen LogP contribution in [0.4, 0.5) is 0 Å². The molecule has 1 saturated heterocycles. The highest BCUT2D eigenvalue weighted by Gasteiger charge is 2.24. The standard InChI is InChI=1S/C11H22N2O3S/c1-3-17(15,16)7-6-13-11(14)10-4-5-12-9(2)8-10/h9-10,12H,3-8H2,1-2H3,(H,13,14). The van der Waals surface area contributed by atoms with Gasteiger partial charge in [0.15, 0.2) is 9.84 Å². The minimum atomic E-state index is -2.98. The van der Waals surface area contributed by atoms with Gasteiger partial charge in [-0.25, -0.2) is 8.42 Å². The third kappa shape index (κ3) is 5.04. The molecule has 100 valence electrons. The maximum atomic E-state index is 11.8. The third-order valence-corrected chi connectivity index (χ3v) is 4.85.